The summed E-state index contributed by atoms with van der Waals surface area (Å²) >= 11 is 0. The van der Waals surface area contributed by atoms with Crippen molar-refractivity contribution in [1.29, 1.82) is 0 Å². The van der Waals surface area contributed by atoms with Gasteiger partial charge in [-0.3, -0.25) is 0 Å². The molecule has 2 aromatic carbocycles. The molecule has 1 aliphatic heterocycles. The largest absolute Gasteiger partial charge is 0.497 e. The highest BCUT2D eigenvalue weighted by Gasteiger charge is 2.25. The standard InChI is InChI=1S/C21H24O3/c1-3-4-5-8-20-21(15-16-11-13-17(22-2)14-12-16)24-19-10-7-6-9-18(19)23-20/h6-7,9-15,20H,3-5,8H2,1-2H3/b21-15+. The lowest BCUT2D eigenvalue weighted by Gasteiger charge is -2.28. The topological polar surface area (TPSA) is 27.7 Å². The average Bonchev–Trinajstić information content (AvgIpc) is 2.63. The molecule has 0 saturated heterocycles. The van der Waals surface area contributed by atoms with Gasteiger partial charge in [0, 0.05) is 0 Å². The van der Waals surface area contributed by atoms with E-state index in [9.17, 15) is 0 Å². The minimum absolute atomic E-state index is 0.0337. The van der Waals surface area contributed by atoms with Gasteiger partial charge in [-0.25, -0.2) is 0 Å². The number of methoxy groups -OCH3 is 1. The van der Waals surface area contributed by atoms with Crippen molar-refractivity contribution in [3.05, 3.63) is 59.9 Å². The Labute approximate surface area is 143 Å². The predicted molar refractivity (Wildman–Crippen MR) is 96.6 cm³/mol. The molecule has 0 saturated carbocycles. The van der Waals surface area contributed by atoms with E-state index in [1.807, 2.05) is 48.5 Å². The summed E-state index contributed by atoms with van der Waals surface area (Å²) in [7, 11) is 1.67. The Morgan fingerprint density at radius 2 is 1.75 bits per heavy atom. The molecule has 0 amide bonds. The zero-order chi connectivity index (χ0) is 16.8. The van der Waals surface area contributed by atoms with Crippen molar-refractivity contribution in [3.8, 4) is 17.2 Å². The predicted octanol–water partition coefficient (Wildman–Crippen LogP) is 5.46. The fraction of sp³-hybridized carbons (Fsp3) is 0.333. The van der Waals surface area contributed by atoms with Crippen LogP contribution in [0.3, 0.4) is 0 Å². The van der Waals surface area contributed by atoms with Crippen LogP contribution >= 0.6 is 0 Å². The summed E-state index contributed by atoms with van der Waals surface area (Å²) in [6.07, 6.45) is 6.52. The molecular weight excluding hydrogens is 300 g/mol. The number of ether oxygens (including phenoxy) is 3. The molecule has 0 fully saturated rings. The minimum Gasteiger partial charge on any atom is -0.497 e. The van der Waals surface area contributed by atoms with Crippen LogP contribution in [-0.4, -0.2) is 13.2 Å². The summed E-state index contributed by atoms with van der Waals surface area (Å²) in [6, 6.07) is 15.8. The van der Waals surface area contributed by atoms with Gasteiger partial charge in [0.15, 0.2) is 17.6 Å². The van der Waals surface area contributed by atoms with Gasteiger partial charge in [-0.05, 0) is 48.7 Å². The van der Waals surface area contributed by atoms with Crippen LogP contribution in [0.2, 0.25) is 0 Å². The SMILES string of the molecule is CCCCCC1Oc2ccccc2O/C1=C/c1ccc(OC)cc1. The number of unbranched alkanes of at least 4 members (excludes halogenated alkanes) is 2. The smallest absolute Gasteiger partial charge is 0.169 e. The highest BCUT2D eigenvalue weighted by Crippen LogP contribution is 2.37. The molecule has 3 nitrogen and oxygen atoms in total. The van der Waals surface area contributed by atoms with E-state index in [1.54, 1.807) is 7.11 Å². The maximum absolute atomic E-state index is 6.19. The third-order valence-electron chi connectivity index (χ3n) is 4.16. The third-order valence-corrected chi connectivity index (χ3v) is 4.16. The van der Waals surface area contributed by atoms with Gasteiger partial charge in [0.1, 0.15) is 11.5 Å². The van der Waals surface area contributed by atoms with Gasteiger partial charge in [0.2, 0.25) is 0 Å². The fourth-order valence-corrected chi connectivity index (χ4v) is 2.80. The normalized spacial score (nSPS) is 17.8. The lowest BCUT2D eigenvalue weighted by Crippen LogP contribution is -2.27. The summed E-state index contributed by atoms with van der Waals surface area (Å²) in [5, 5.41) is 0. The molecule has 0 aliphatic carbocycles. The first kappa shape index (κ1) is 16.4. The molecule has 1 heterocycles. The summed E-state index contributed by atoms with van der Waals surface area (Å²) in [5.74, 6) is 3.33. The summed E-state index contributed by atoms with van der Waals surface area (Å²) in [6.45, 7) is 2.21. The van der Waals surface area contributed by atoms with Crippen LogP contribution < -0.4 is 14.2 Å². The Hall–Kier alpha value is -2.42. The summed E-state index contributed by atoms with van der Waals surface area (Å²) in [5.41, 5.74) is 1.08. The van der Waals surface area contributed by atoms with E-state index in [4.69, 9.17) is 14.2 Å². The molecule has 3 heteroatoms. The van der Waals surface area contributed by atoms with Gasteiger partial charge < -0.3 is 14.2 Å². The van der Waals surface area contributed by atoms with Crippen molar-refractivity contribution >= 4 is 6.08 Å². The summed E-state index contributed by atoms with van der Waals surface area (Å²) < 4.78 is 17.5. The van der Waals surface area contributed by atoms with Gasteiger partial charge in [0.05, 0.1) is 7.11 Å². The number of rotatable bonds is 6. The van der Waals surface area contributed by atoms with Crippen LogP contribution in [0.1, 0.15) is 38.2 Å². The molecule has 0 bridgehead atoms. The van der Waals surface area contributed by atoms with Crippen molar-refractivity contribution in [2.75, 3.05) is 7.11 Å². The number of benzene rings is 2. The van der Waals surface area contributed by atoms with E-state index in [2.05, 4.69) is 13.0 Å². The Morgan fingerprint density at radius 1 is 1.00 bits per heavy atom. The van der Waals surface area contributed by atoms with Crippen molar-refractivity contribution in [2.24, 2.45) is 0 Å². The second-order valence-electron chi connectivity index (χ2n) is 5.97. The van der Waals surface area contributed by atoms with Crippen LogP contribution in [-0.2, 0) is 0 Å². The van der Waals surface area contributed by atoms with Crippen LogP contribution in [0.15, 0.2) is 54.3 Å². The molecule has 1 atom stereocenters. The molecule has 1 aliphatic rings. The molecule has 1 unspecified atom stereocenters. The third kappa shape index (κ3) is 3.91. The van der Waals surface area contributed by atoms with E-state index < -0.39 is 0 Å². The Morgan fingerprint density at radius 3 is 2.46 bits per heavy atom. The Bertz CT molecular complexity index is 688. The average molecular weight is 324 g/mol. The van der Waals surface area contributed by atoms with E-state index in [0.29, 0.717) is 0 Å². The van der Waals surface area contributed by atoms with Crippen molar-refractivity contribution < 1.29 is 14.2 Å². The molecule has 126 valence electrons. The minimum atomic E-state index is -0.0337. The molecule has 0 spiro atoms. The first-order valence-corrected chi connectivity index (χ1v) is 8.59. The van der Waals surface area contributed by atoms with Crippen LogP contribution in [0.4, 0.5) is 0 Å². The molecular formula is C21H24O3. The molecule has 2 aromatic rings. The Balaban J connectivity index is 1.84. The monoisotopic (exact) mass is 324 g/mol. The number of fused-ring (bicyclic) bond motifs is 1. The second-order valence-corrected chi connectivity index (χ2v) is 5.97. The molecule has 0 radical (unpaired) electrons. The van der Waals surface area contributed by atoms with Crippen molar-refractivity contribution in [1.82, 2.24) is 0 Å². The lowest BCUT2D eigenvalue weighted by atomic mass is 10.1. The second kappa shape index (κ2) is 7.91. The van der Waals surface area contributed by atoms with Gasteiger partial charge in [-0.15, -0.1) is 0 Å². The zero-order valence-electron chi connectivity index (χ0n) is 14.3. The summed E-state index contributed by atoms with van der Waals surface area (Å²) in [4.78, 5) is 0. The van der Waals surface area contributed by atoms with E-state index in [0.717, 1.165) is 41.4 Å². The Kier molecular flexibility index (Phi) is 5.42. The van der Waals surface area contributed by atoms with Crippen LogP contribution in [0.25, 0.3) is 6.08 Å². The van der Waals surface area contributed by atoms with E-state index >= 15 is 0 Å². The molecule has 3 rings (SSSR count). The molecule has 24 heavy (non-hydrogen) atoms. The quantitative estimate of drug-likeness (QED) is 0.661. The van der Waals surface area contributed by atoms with Gasteiger partial charge >= 0.3 is 0 Å². The maximum atomic E-state index is 6.19. The number of hydrogen-bond acceptors (Lipinski definition) is 3. The van der Waals surface area contributed by atoms with Crippen LogP contribution in [0, 0.1) is 0 Å². The van der Waals surface area contributed by atoms with E-state index in [1.165, 1.54) is 12.8 Å². The van der Waals surface area contributed by atoms with Gasteiger partial charge in [-0.2, -0.15) is 0 Å². The van der Waals surface area contributed by atoms with Crippen molar-refractivity contribution in [3.63, 3.8) is 0 Å². The maximum Gasteiger partial charge on any atom is 0.169 e. The van der Waals surface area contributed by atoms with Crippen molar-refractivity contribution in [2.45, 2.75) is 38.7 Å². The van der Waals surface area contributed by atoms with Crippen LogP contribution in [0.5, 0.6) is 17.2 Å². The van der Waals surface area contributed by atoms with Gasteiger partial charge in [0.25, 0.3) is 0 Å². The van der Waals surface area contributed by atoms with Gasteiger partial charge in [-0.1, -0.05) is 44.0 Å². The first-order chi connectivity index (χ1) is 11.8. The molecule has 0 aromatic heterocycles. The highest BCUT2D eigenvalue weighted by molar-refractivity contribution is 5.56. The number of hydrogen-bond donors (Lipinski definition) is 0. The molecule has 0 N–H and O–H groups in total. The fourth-order valence-electron chi connectivity index (χ4n) is 2.80. The van der Waals surface area contributed by atoms with E-state index in [-0.39, 0.29) is 6.10 Å². The first-order valence-electron chi connectivity index (χ1n) is 8.59. The highest BCUT2D eigenvalue weighted by atomic mass is 16.6. The number of para-hydroxylation sites is 2. The zero-order valence-corrected chi connectivity index (χ0v) is 14.3. The lowest BCUT2D eigenvalue weighted by molar-refractivity contribution is 0.139.